The number of amides is 2. The van der Waals surface area contributed by atoms with Gasteiger partial charge in [0, 0.05) is 35.7 Å². The van der Waals surface area contributed by atoms with Crippen molar-refractivity contribution < 1.29 is 28.2 Å². The van der Waals surface area contributed by atoms with Crippen molar-refractivity contribution in [3.05, 3.63) is 46.1 Å². The topological polar surface area (TPSA) is 101 Å². The predicted molar refractivity (Wildman–Crippen MR) is 139 cm³/mol. The van der Waals surface area contributed by atoms with Crippen molar-refractivity contribution >= 4 is 17.8 Å². The SMILES string of the molecule is Cc1ccc(-c2c(C)nc(NC(=O)NC3CCC(F)(F)CC3)c(C)c2C(OC(C)(C)C)C(=O)O)cc1C. The normalized spacial score (nSPS) is 16.8. The number of aliphatic carboxylic acids is 1. The van der Waals surface area contributed by atoms with Gasteiger partial charge in [-0.25, -0.2) is 23.4 Å². The Morgan fingerprint density at radius 1 is 1.11 bits per heavy atom. The van der Waals surface area contributed by atoms with Gasteiger partial charge in [0.05, 0.1) is 5.60 Å². The number of anilines is 1. The number of pyridine rings is 1. The van der Waals surface area contributed by atoms with E-state index in [0.29, 0.717) is 22.4 Å². The van der Waals surface area contributed by atoms with E-state index < -0.39 is 29.6 Å². The molecule has 1 heterocycles. The van der Waals surface area contributed by atoms with Gasteiger partial charge in [-0.15, -0.1) is 0 Å². The molecule has 0 spiro atoms. The number of ether oxygens (including phenoxy) is 1. The summed E-state index contributed by atoms with van der Waals surface area (Å²) in [5.41, 5.74) is 4.22. The van der Waals surface area contributed by atoms with Gasteiger partial charge < -0.3 is 15.2 Å². The second-order valence-electron chi connectivity index (χ2n) is 10.9. The summed E-state index contributed by atoms with van der Waals surface area (Å²) < 4.78 is 33.0. The molecule has 1 aliphatic carbocycles. The van der Waals surface area contributed by atoms with Gasteiger partial charge in [0.15, 0.2) is 6.10 Å². The largest absolute Gasteiger partial charge is 0.479 e. The van der Waals surface area contributed by atoms with E-state index in [2.05, 4.69) is 15.6 Å². The standard InChI is InChI=1S/C28H37F2N3O4/c1-15-8-9-19(14-16(15)2)22-18(4)31-24(17(3)21(22)23(25(34)35)37-27(5,6)7)33-26(36)32-20-10-12-28(29,30)13-11-20/h8-9,14,20,23H,10-13H2,1-7H3,(H,34,35)(H2,31,32,33,36). The first-order valence-corrected chi connectivity index (χ1v) is 12.5. The van der Waals surface area contributed by atoms with E-state index in [1.54, 1.807) is 34.6 Å². The molecule has 7 nitrogen and oxygen atoms in total. The van der Waals surface area contributed by atoms with Gasteiger partial charge in [0.2, 0.25) is 5.92 Å². The number of carboxylic acid groups (broad SMARTS) is 1. The minimum Gasteiger partial charge on any atom is -0.479 e. The van der Waals surface area contributed by atoms with E-state index in [0.717, 1.165) is 16.7 Å². The Kier molecular flexibility index (Phi) is 8.27. The number of nitrogens with one attached hydrogen (secondary N) is 2. The number of alkyl halides is 2. The van der Waals surface area contributed by atoms with Crippen LogP contribution in [-0.4, -0.2) is 39.7 Å². The van der Waals surface area contributed by atoms with Crippen LogP contribution in [0.5, 0.6) is 0 Å². The predicted octanol–water partition coefficient (Wildman–Crippen LogP) is 6.62. The van der Waals surface area contributed by atoms with Crippen LogP contribution in [0.25, 0.3) is 11.1 Å². The Morgan fingerprint density at radius 2 is 1.73 bits per heavy atom. The minimum absolute atomic E-state index is 0.184. The average molecular weight is 518 g/mol. The Labute approximate surface area is 217 Å². The van der Waals surface area contributed by atoms with Crippen LogP contribution in [0.2, 0.25) is 0 Å². The van der Waals surface area contributed by atoms with E-state index in [1.807, 2.05) is 32.0 Å². The van der Waals surface area contributed by atoms with Crippen LogP contribution in [0.3, 0.4) is 0 Å². The number of hydrogen-bond acceptors (Lipinski definition) is 4. The number of urea groups is 1. The van der Waals surface area contributed by atoms with Gasteiger partial charge in [-0.3, -0.25) is 5.32 Å². The lowest BCUT2D eigenvalue weighted by Crippen LogP contribution is -2.42. The Morgan fingerprint density at radius 3 is 2.27 bits per heavy atom. The zero-order valence-electron chi connectivity index (χ0n) is 22.6. The molecule has 1 aromatic carbocycles. The molecule has 9 heteroatoms. The average Bonchev–Trinajstić information content (AvgIpc) is 2.77. The van der Waals surface area contributed by atoms with E-state index in [1.165, 1.54) is 0 Å². The van der Waals surface area contributed by atoms with Crippen LogP contribution in [-0.2, 0) is 9.53 Å². The summed E-state index contributed by atoms with van der Waals surface area (Å²) in [7, 11) is 0. The minimum atomic E-state index is -2.69. The number of hydrogen-bond donors (Lipinski definition) is 3. The van der Waals surface area contributed by atoms with Crippen molar-refractivity contribution in [3.63, 3.8) is 0 Å². The fourth-order valence-electron chi connectivity index (χ4n) is 4.63. The van der Waals surface area contributed by atoms with Crippen LogP contribution < -0.4 is 10.6 Å². The van der Waals surface area contributed by atoms with Crippen molar-refractivity contribution in [1.29, 1.82) is 0 Å². The van der Waals surface area contributed by atoms with Crippen LogP contribution in [0.15, 0.2) is 18.2 Å². The number of nitrogens with zero attached hydrogens (tertiary/aromatic N) is 1. The van der Waals surface area contributed by atoms with E-state index in [-0.39, 0.29) is 37.5 Å². The smallest absolute Gasteiger partial charge is 0.337 e. The third kappa shape index (κ3) is 7.03. The first kappa shape index (κ1) is 28.5. The monoisotopic (exact) mass is 517 g/mol. The number of aryl methyl sites for hydroxylation is 3. The lowest BCUT2D eigenvalue weighted by molar-refractivity contribution is -0.160. The molecule has 202 valence electrons. The molecular weight excluding hydrogens is 480 g/mol. The molecule has 1 unspecified atom stereocenters. The molecule has 0 aliphatic heterocycles. The zero-order chi connectivity index (χ0) is 27.7. The molecule has 1 atom stereocenters. The highest BCUT2D eigenvalue weighted by molar-refractivity contribution is 5.91. The summed E-state index contributed by atoms with van der Waals surface area (Å²) in [6.07, 6.45) is -1.49. The molecule has 0 saturated heterocycles. The van der Waals surface area contributed by atoms with Gasteiger partial charge in [-0.2, -0.15) is 0 Å². The van der Waals surface area contributed by atoms with Crippen molar-refractivity contribution in [2.75, 3.05) is 5.32 Å². The number of benzene rings is 1. The van der Waals surface area contributed by atoms with Crippen molar-refractivity contribution in [2.45, 2.75) is 97.8 Å². The Bertz CT molecular complexity index is 1180. The maximum atomic E-state index is 13.5. The molecule has 1 fully saturated rings. The summed E-state index contributed by atoms with van der Waals surface area (Å²) in [6, 6.07) is 4.93. The maximum absolute atomic E-state index is 13.5. The highest BCUT2D eigenvalue weighted by Gasteiger charge is 2.36. The maximum Gasteiger partial charge on any atom is 0.337 e. The summed E-state index contributed by atoms with van der Waals surface area (Å²) in [5, 5.41) is 15.7. The summed E-state index contributed by atoms with van der Waals surface area (Å²) in [6.45, 7) is 12.8. The number of carbonyl (C=O) groups is 2. The van der Waals surface area contributed by atoms with E-state index in [4.69, 9.17) is 4.74 Å². The third-order valence-electron chi connectivity index (χ3n) is 6.71. The second-order valence-corrected chi connectivity index (χ2v) is 10.9. The quantitative estimate of drug-likeness (QED) is 0.400. The molecule has 3 N–H and O–H groups in total. The number of carboxylic acids is 1. The summed E-state index contributed by atoms with van der Waals surface area (Å²) in [4.78, 5) is 29.9. The third-order valence-corrected chi connectivity index (χ3v) is 6.71. The number of rotatable bonds is 6. The second kappa shape index (κ2) is 10.7. The van der Waals surface area contributed by atoms with Crippen molar-refractivity contribution in [1.82, 2.24) is 10.3 Å². The molecule has 2 aromatic rings. The van der Waals surface area contributed by atoms with Gasteiger partial charge in [0.25, 0.3) is 0 Å². The van der Waals surface area contributed by atoms with Crippen LogP contribution in [0, 0.1) is 27.7 Å². The van der Waals surface area contributed by atoms with Crippen LogP contribution in [0.1, 0.15) is 80.5 Å². The van der Waals surface area contributed by atoms with Crippen molar-refractivity contribution in [3.8, 4) is 11.1 Å². The fourth-order valence-corrected chi connectivity index (χ4v) is 4.63. The van der Waals surface area contributed by atoms with E-state index >= 15 is 0 Å². The molecule has 37 heavy (non-hydrogen) atoms. The molecule has 3 rings (SSSR count). The number of aromatic nitrogens is 1. The lowest BCUT2D eigenvalue weighted by atomic mass is 9.89. The van der Waals surface area contributed by atoms with Crippen LogP contribution >= 0.6 is 0 Å². The Hall–Kier alpha value is -3.07. The number of carbonyl (C=O) groups excluding carboxylic acids is 1. The lowest BCUT2D eigenvalue weighted by Gasteiger charge is -2.30. The highest BCUT2D eigenvalue weighted by Crippen LogP contribution is 2.40. The number of halogens is 2. The van der Waals surface area contributed by atoms with Gasteiger partial charge >= 0.3 is 12.0 Å². The molecule has 0 radical (unpaired) electrons. The molecule has 2 amide bonds. The van der Waals surface area contributed by atoms with Crippen LogP contribution in [0.4, 0.5) is 19.4 Å². The summed E-state index contributed by atoms with van der Waals surface area (Å²) >= 11 is 0. The molecule has 0 bridgehead atoms. The fraction of sp³-hybridized carbons (Fsp3) is 0.536. The first-order chi connectivity index (χ1) is 17.1. The molecule has 1 saturated carbocycles. The first-order valence-electron chi connectivity index (χ1n) is 12.5. The van der Waals surface area contributed by atoms with Gasteiger partial charge in [-0.1, -0.05) is 18.2 Å². The Balaban J connectivity index is 2.05. The summed E-state index contributed by atoms with van der Waals surface area (Å²) in [5.74, 6) is -3.66. The molecule has 1 aliphatic rings. The highest BCUT2D eigenvalue weighted by atomic mass is 19.3. The van der Waals surface area contributed by atoms with Crippen molar-refractivity contribution in [2.24, 2.45) is 0 Å². The van der Waals surface area contributed by atoms with E-state index in [9.17, 15) is 23.5 Å². The molecular formula is C28H37F2N3O4. The van der Waals surface area contributed by atoms with Gasteiger partial charge in [-0.05, 0) is 83.6 Å². The van der Waals surface area contributed by atoms with Gasteiger partial charge in [0.1, 0.15) is 5.82 Å². The zero-order valence-corrected chi connectivity index (χ0v) is 22.6. The molecule has 1 aromatic heterocycles.